The standard InChI is InChI=1S/C14H19ClN4O2S/c15-13-11(7-16)14(22-18-13)17-8-12(10-1-4-21-9-10)19-2-5-20-6-3-19/h10,12,17H,1-6,8-9H2. The van der Waals surface area contributed by atoms with Gasteiger partial charge in [0, 0.05) is 38.2 Å². The quantitative estimate of drug-likeness (QED) is 0.880. The Labute approximate surface area is 139 Å². The number of hydrogen-bond donors (Lipinski definition) is 1. The van der Waals surface area contributed by atoms with E-state index in [1.165, 1.54) is 11.5 Å². The molecular formula is C14H19ClN4O2S. The summed E-state index contributed by atoms with van der Waals surface area (Å²) in [4.78, 5) is 2.46. The van der Waals surface area contributed by atoms with Gasteiger partial charge in [-0.15, -0.1) is 0 Å². The Balaban J connectivity index is 1.68. The summed E-state index contributed by atoms with van der Waals surface area (Å²) >= 11 is 7.17. The van der Waals surface area contributed by atoms with Crippen molar-refractivity contribution in [3.8, 4) is 6.07 Å². The van der Waals surface area contributed by atoms with Crippen LogP contribution >= 0.6 is 23.1 Å². The summed E-state index contributed by atoms with van der Waals surface area (Å²) < 4.78 is 15.1. The zero-order valence-electron chi connectivity index (χ0n) is 12.3. The molecule has 3 rings (SSSR count). The highest BCUT2D eigenvalue weighted by Crippen LogP contribution is 2.29. The summed E-state index contributed by atoms with van der Waals surface area (Å²) in [5.41, 5.74) is 0.440. The molecule has 0 bridgehead atoms. The van der Waals surface area contributed by atoms with E-state index >= 15 is 0 Å². The molecule has 120 valence electrons. The monoisotopic (exact) mass is 342 g/mol. The Morgan fingerprint density at radius 2 is 2.23 bits per heavy atom. The number of nitrogens with one attached hydrogen (secondary N) is 1. The molecule has 0 spiro atoms. The molecule has 0 amide bonds. The van der Waals surface area contributed by atoms with Crippen molar-refractivity contribution in [3.05, 3.63) is 10.7 Å². The average molecular weight is 343 g/mol. The lowest BCUT2D eigenvalue weighted by atomic mass is 9.97. The summed E-state index contributed by atoms with van der Waals surface area (Å²) in [6.45, 7) is 5.84. The van der Waals surface area contributed by atoms with Gasteiger partial charge in [-0.3, -0.25) is 4.90 Å². The topological polar surface area (TPSA) is 70.4 Å². The van der Waals surface area contributed by atoms with Crippen LogP contribution in [-0.4, -0.2) is 61.4 Å². The Bertz CT molecular complexity index is 535. The Hall–Kier alpha value is -0.910. The first-order valence-corrected chi connectivity index (χ1v) is 8.63. The van der Waals surface area contributed by atoms with Gasteiger partial charge in [0.05, 0.1) is 19.8 Å². The molecule has 0 aliphatic carbocycles. The SMILES string of the molecule is N#Cc1c(Cl)nsc1NCC(C1CCOC1)N1CCOCC1. The normalized spacial score (nSPS) is 24.1. The van der Waals surface area contributed by atoms with Gasteiger partial charge in [-0.2, -0.15) is 9.64 Å². The molecule has 6 nitrogen and oxygen atoms in total. The third kappa shape index (κ3) is 3.53. The second-order valence-electron chi connectivity index (χ2n) is 5.51. The number of rotatable bonds is 5. The van der Waals surface area contributed by atoms with Gasteiger partial charge in [-0.05, 0) is 18.0 Å². The predicted molar refractivity (Wildman–Crippen MR) is 85.4 cm³/mol. The summed E-state index contributed by atoms with van der Waals surface area (Å²) in [6.07, 6.45) is 1.08. The molecule has 22 heavy (non-hydrogen) atoms. The van der Waals surface area contributed by atoms with Gasteiger partial charge in [0.1, 0.15) is 16.6 Å². The maximum Gasteiger partial charge on any atom is 0.162 e. The van der Waals surface area contributed by atoms with Gasteiger partial charge in [-0.1, -0.05) is 11.6 Å². The second kappa shape index (κ2) is 7.57. The van der Waals surface area contributed by atoms with Gasteiger partial charge in [0.25, 0.3) is 0 Å². The minimum atomic E-state index is 0.280. The molecule has 1 aromatic heterocycles. The molecule has 8 heteroatoms. The molecule has 0 aromatic carbocycles. The van der Waals surface area contributed by atoms with E-state index in [2.05, 4.69) is 20.7 Å². The van der Waals surface area contributed by atoms with Gasteiger partial charge in [0.15, 0.2) is 5.15 Å². The fourth-order valence-corrected chi connectivity index (χ4v) is 3.99. The minimum Gasteiger partial charge on any atom is -0.381 e. The minimum absolute atomic E-state index is 0.280. The van der Waals surface area contributed by atoms with Crippen LogP contribution in [0.5, 0.6) is 0 Å². The Kier molecular flexibility index (Phi) is 5.50. The van der Waals surface area contributed by atoms with Crippen molar-refractivity contribution < 1.29 is 9.47 Å². The lowest BCUT2D eigenvalue weighted by Crippen LogP contribution is -2.50. The molecule has 2 aliphatic heterocycles. The van der Waals surface area contributed by atoms with Crippen molar-refractivity contribution in [2.24, 2.45) is 5.92 Å². The number of anilines is 1. The number of halogens is 1. The molecule has 2 unspecified atom stereocenters. The molecule has 2 aliphatic rings. The molecule has 2 fully saturated rings. The molecule has 0 saturated carbocycles. The van der Waals surface area contributed by atoms with Crippen LogP contribution in [0.1, 0.15) is 12.0 Å². The fourth-order valence-electron chi connectivity index (χ4n) is 3.04. The van der Waals surface area contributed by atoms with Crippen molar-refractivity contribution in [2.75, 3.05) is 51.4 Å². The smallest absolute Gasteiger partial charge is 0.162 e. The van der Waals surface area contributed by atoms with Crippen molar-refractivity contribution in [2.45, 2.75) is 12.5 Å². The van der Waals surface area contributed by atoms with Crippen molar-refractivity contribution in [1.29, 1.82) is 5.26 Å². The molecule has 3 heterocycles. The molecule has 2 saturated heterocycles. The van der Waals surface area contributed by atoms with E-state index in [0.717, 1.165) is 57.5 Å². The highest BCUT2D eigenvalue weighted by molar-refractivity contribution is 7.10. The largest absolute Gasteiger partial charge is 0.381 e. The summed E-state index contributed by atoms with van der Waals surface area (Å²) in [6, 6.07) is 2.49. The van der Waals surface area contributed by atoms with Crippen LogP contribution in [0.3, 0.4) is 0 Å². The third-order valence-corrected chi connectivity index (χ3v) is 5.44. The fraction of sp³-hybridized carbons (Fsp3) is 0.714. The molecule has 2 atom stereocenters. The predicted octanol–water partition coefficient (Wildman–Crippen LogP) is 1.82. The third-order valence-electron chi connectivity index (χ3n) is 4.26. The van der Waals surface area contributed by atoms with Gasteiger partial charge in [0.2, 0.25) is 0 Å². The van der Waals surface area contributed by atoms with E-state index in [-0.39, 0.29) is 5.15 Å². The number of morpholine rings is 1. The number of aromatic nitrogens is 1. The van der Waals surface area contributed by atoms with E-state index < -0.39 is 0 Å². The van der Waals surface area contributed by atoms with Crippen LogP contribution < -0.4 is 5.32 Å². The number of nitriles is 1. The van der Waals surface area contributed by atoms with Crippen LogP contribution in [0.4, 0.5) is 5.00 Å². The first-order valence-electron chi connectivity index (χ1n) is 7.48. The lowest BCUT2D eigenvalue weighted by Gasteiger charge is -2.37. The Morgan fingerprint density at radius 1 is 1.41 bits per heavy atom. The summed E-state index contributed by atoms with van der Waals surface area (Å²) in [5, 5.41) is 13.6. The van der Waals surface area contributed by atoms with E-state index in [4.69, 9.17) is 26.3 Å². The van der Waals surface area contributed by atoms with Gasteiger partial charge in [-0.25, -0.2) is 0 Å². The molecule has 1 N–H and O–H groups in total. The van der Waals surface area contributed by atoms with Crippen molar-refractivity contribution >= 4 is 28.1 Å². The van der Waals surface area contributed by atoms with Crippen LogP contribution in [0, 0.1) is 17.2 Å². The van der Waals surface area contributed by atoms with Gasteiger partial charge < -0.3 is 14.8 Å². The van der Waals surface area contributed by atoms with Crippen LogP contribution in [-0.2, 0) is 9.47 Å². The van der Waals surface area contributed by atoms with Crippen LogP contribution in [0.2, 0.25) is 5.15 Å². The zero-order chi connectivity index (χ0) is 15.4. The summed E-state index contributed by atoms with van der Waals surface area (Å²) in [5.74, 6) is 0.513. The maximum absolute atomic E-state index is 9.16. The van der Waals surface area contributed by atoms with Crippen molar-refractivity contribution in [3.63, 3.8) is 0 Å². The number of hydrogen-bond acceptors (Lipinski definition) is 7. The van der Waals surface area contributed by atoms with E-state index in [0.29, 0.717) is 17.5 Å². The molecule has 0 radical (unpaired) electrons. The van der Waals surface area contributed by atoms with E-state index in [1.807, 2.05) is 0 Å². The Morgan fingerprint density at radius 3 is 2.91 bits per heavy atom. The highest BCUT2D eigenvalue weighted by atomic mass is 35.5. The maximum atomic E-state index is 9.16. The number of ether oxygens (including phenoxy) is 2. The zero-order valence-corrected chi connectivity index (χ0v) is 13.8. The van der Waals surface area contributed by atoms with Crippen molar-refractivity contribution in [1.82, 2.24) is 9.27 Å². The van der Waals surface area contributed by atoms with E-state index in [1.54, 1.807) is 0 Å². The highest BCUT2D eigenvalue weighted by Gasteiger charge is 2.31. The first kappa shape index (κ1) is 16.0. The number of nitrogens with zero attached hydrogens (tertiary/aromatic N) is 3. The molecular weight excluding hydrogens is 324 g/mol. The average Bonchev–Trinajstić information content (AvgIpc) is 3.19. The second-order valence-corrected chi connectivity index (χ2v) is 6.64. The van der Waals surface area contributed by atoms with Crippen LogP contribution in [0.15, 0.2) is 0 Å². The lowest BCUT2D eigenvalue weighted by molar-refractivity contribution is 0.00463. The molecule has 1 aromatic rings. The van der Waals surface area contributed by atoms with Crippen LogP contribution in [0.25, 0.3) is 0 Å². The van der Waals surface area contributed by atoms with Gasteiger partial charge >= 0.3 is 0 Å². The summed E-state index contributed by atoms with van der Waals surface area (Å²) in [7, 11) is 0. The first-order chi connectivity index (χ1) is 10.8. The van der Waals surface area contributed by atoms with E-state index in [9.17, 15) is 0 Å².